The van der Waals surface area contributed by atoms with Gasteiger partial charge in [-0.1, -0.05) is 43.7 Å². The minimum atomic E-state index is 0.677. The number of unbranched alkanes of at least 4 members (excludes halogenated alkanes) is 1. The van der Waals surface area contributed by atoms with Crippen LogP contribution in [0.3, 0.4) is 0 Å². The van der Waals surface area contributed by atoms with E-state index in [1.807, 2.05) is 18.2 Å². The Balaban J connectivity index is 2.30. The number of hydrogen-bond acceptors (Lipinski definition) is 2. The molecule has 0 aliphatic carbocycles. The van der Waals surface area contributed by atoms with Crippen LogP contribution >= 0.6 is 0 Å². The maximum absolute atomic E-state index is 4.10. The van der Waals surface area contributed by atoms with Crippen molar-refractivity contribution in [3.05, 3.63) is 35.9 Å². The Morgan fingerprint density at radius 1 is 1.14 bits per heavy atom. The van der Waals surface area contributed by atoms with Crippen molar-refractivity contribution in [1.29, 1.82) is 0 Å². The van der Waals surface area contributed by atoms with E-state index in [1.54, 1.807) is 0 Å². The largest absolute Gasteiger partial charge is 0.226 e. The van der Waals surface area contributed by atoms with Crippen LogP contribution in [0.1, 0.15) is 25.3 Å². The molecule has 0 amide bonds. The second kappa shape index (κ2) is 7.05. The molecule has 1 rings (SSSR count). The molecule has 1 aromatic carbocycles. The molecule has 0 aliphatic heterocycles. The second-order valence-electron chi connectivity index (χ2n) is 3.14. The van der Waals surface area contributed by atoms with E-state index in [9.17, 15) is 0 Å². The van der Waals surface area contributed by atoms with Crippen LogP contribution in [0.2, 0.25) is 0 Å². The summed E-state index contributed by atoms with van der Waals surface area (Å²) in [4.78, 5) is 8.16. The van der Waals surface area contributed by atoms with Gasteiger partial charge in [-0.2, -0.15) is 0 Å². The summed E-state index contributed by atoms with van der Waals surface area (Å²) in [5.74, 6) is 0. The normalized spacial score (nSPS) is 9.21. The lowest BCUT2D eigenvalue weighted by Crippen LogP contribution is -1.79. The van der Waals surface area contributed by atoms with E-state index in [2.05, 4.69) is 35.0 Å². The zero-order chi connectivity index (χ0) is 10.1. The molecule has 0 atom stereocenters. The highest BCUT2D eigenvalue weighted by atomic mass is 14.8. The fourth-order valence-electron chi connectivity index (χ4n) is 1.05. The van der Waals surface area contributed by atoms with Crippen molar-refractivity contribution in [1.82, 2.24) is 0 Å². The van der Waals surface area contributed by atoms with Gasteiger partial charge in [-0.3, -0.25) is 0 Å². The van der Waals surface area contributed by atoms with Crippen molar-refractivity contribution in [2.24, 2.45) is 9.98 Å². The Morgan fingerprint density at radius 2 is 1.93 bits per heavy atom. The van der Waals surface area contributed by atoms with E-state index in [0.717, 1.165) is 13.0 Å². The number of benzene rings is 1. The Labute approximate surface area is 85.4 Å². The van der Waals surface area contributed by atoms with Crippen molar-refractivity contribution in [3.63, 3.8) is 0 Å². The monoisotopic (exact) mass is 188 g/mol. The first-order chi connectivity index (χ1) is 6.93. The first kappa shape index (κ1) is 10.7. The van der Waals surface area contributed by atoms with Crippen molar-refractivity contribution in [3.8, 4) is 0 Å². The van der Waals surface area contributed by atoms with E-state index in [1.165, 1.54) is 12.0 Å². The van der Waals surface area contributed by atoms with Crippen molar-refractivity contribution >= 4 is 6.01 Å². The number of hydrogen-bond donors (Lipinski definition) is 0. The SMILES string of the molecule is CCCCN=C=NCc1ccccc1. The molecule has 0 fully saturated rings. The van der Waals surface area contributed by atoms with E-state index >= 15 is 0 Å². The third-order valence-electron chi connectivity index (χ3n) is 1.87. The van der Waals surface area contributed by atoms with Gasteiger partial charge in [0.1, 0.15) is 0 Å². The molecule has 0 aromatic heterocycles. The molecule has 0 aliphatic rings. The zero-order valence-electron chi connectivity index (χ0n) is 8.61. The highest BCUT2D eigenvalue weighted by molar-refractivity contribution is 5.41. The van der Waals surface area contributed by atoms with Gasteiger partial charge in [0.05, 0.1) is 12.6 Å². The molecule has 2 heteroatoms. The van der Waals surface area contributed by atoms with E-state index in [4.69, 9.17) is 0 Å². The molecule has 2 nitrogen and oxygen atoms in total. The van der Waals surface area contributed by atoms with Crippen LogP contribution < -0.4 is 0 Å². The van der Waals surface area contributed by atoms with Gasteiger partial charge in [-0.15, -0.1) is 0 Å². The average Bonchev–Trinajstić information content (AvgIpc) is 2.25. The Bertz CT molecular complexity index is 297. The van der Waals surface area contributed by atoms with Gasteiger partial charge in [0, 0.05) is 6.54 Å². The maximum atomic E-state index is 4.10. The van der Waals surface area contributed by atoms with E-state index < -0.39 is 0 Å². The lowest BCUT2D eigenvalue weighted by Gasteiger charge is -1.91. The molecule has 14 heavy (non-hydrogen) atoms. The Hall–Kier alpha value is -1.40. The summed E-state index contributed by atoms with van der Waals surface area (Å²) in [6.45, 7) is 3.67. The minimum Gasteiger partial charge on any atom is -0.226 e. The number of nitrogens with zero attached hydrogens (tertiary/aromatic N) is 2. The van der Waals surface area contributed by atoms with Crippen LogP contribution in [-0.4, -0.2) is 12.6 Å². The molecule has 74 valence electrons. The van der Waals surface area contributed by atoms with Crippen LogP contribution in [0.25, 0.3) is 0 Å². The summed E-state index contributed by atoms with van der Waals surface area (Å²) in [5.41, 5.74) is 1.20. The average molecular weight is 188 g/mol. The van der Waals surface area contributed by atoms with E-state index in [0.29, 0.717) is 6.54 Å². The summed E-state index contributed by atoms with van der Waals surface area (Å²) >= 11 is 0. The van der Waals surface area contributed by atoms with Crippen LogP contribution in [0.15, 0.2) is 40.3 Å². The van der Waals surface area contributed by atoms with Gasteiger partial charge < -0.3 is 0 Å². The highest BCUT2D eigenvalue weighted by Crippen LogP contribution is 1.98. The van der Waals surface area contributed by atoms with Gasteiger partial charge in [0.15, 0.2) is 0 Å². The zero-order valence-corrected chi connectivity index (χ0v) is 8.61. The predicted molar refractivity (Wildman–Crippen MR) is 59.8 cm³/mol. The van der Waals surface area contributed by atoms with Crippen LogP contribution in [-0.2, 0) is 6.54 Å². The van der Waals surface area contributed by atoms with Crippen LogP contribution in [0, 0.1) is 0 Å². The molecular formula is C12H16N2. The minimum absolute atomic E-state index is 0.677. The molecule has 0 N–H and O–H groups in total. The standard InChI is InChI=1S/C12H16N2/c1-2-3-9-13-11-14-10-12-7-5-4-6-8-12/h4-8H,2-3,9-10H2,1H3. The summed E-state index contributed by atoms with van der Waals surface area (Å²) in [6, 6.07) is 12.9. The highest BCUT2D eigenvalue weighted by Gasteiger charge is 1.84. The lowest BCUT2D eigenvalue weighted by atomic mass is 10.2. The molecule has 0 saturated heterocycles. The molecular weight excluding hydrogens is 172 g/mol. The molecule has 0 unspecified atom stereocenters. The van der Waals surface area contributed by atoms with Gasteiger partial charge in [-0.05, 0) is 12.0 Å². The summed E-state index contributed by atoms with van der Waals surface area (Å²) < 4.78 is 0. The van der Waals surface area contributed by atoms with Gasteiger partial charge >= 0.3 is 0 Å². The van der Waals surface area contributed by atoms with Gasteiger partial charge in [-0.25, -0.2) is 9.98 Å². The maximum Gasteiger partial charge on any atom is 0.0896 e. The van der Waals surface area contributed by atoms with Crippen LogP contribution in [0.5, 0.6) is 0 Å². The third-order valence-corrected chi connectivity index (χ3v) is 1.87. The molecule has 1 aromatic rings. The molecule has 0 radical (unpaired) electrons. The summed E-state index contributed by atoms with van der Waals surface area (Å²) in [7, 11) is 0. The molecule has 0 bridgehead atoms. The Kier molecular flexibility index (Phi) is 5.38. The molecule has 0 heterocycles. The fourth-order valence-corrected chi connectivity index (χ4v) is 1.05. The smallest absolute Gasteiger partial charge is 0.0896 e. The quantitative estimate of drug-likeness (QED) is 0.501. The topological polar surface area (TPSA) is 24.7 Å². The second-order valence-corrected chi connectivity index (χ2v) is 3.14. The van der Waals surface area contributed by atoms with Gasteiger partial charge in [0.2, 0.25) is 0 Å². The van der Waals surface area contributed by atoms with Gasteiger partial charge in [0.25, 0.3) is 0 Å². The molecule has 0 spiro atoms. The summed E-state index contributed by atoms with van der Waals surface area (Å²) in [5, 5.41) is 0. The number of rotatable bonds is 5. The van der Waals surface area contributed by atoms with E-state index in [-0.39, 0.29) is 0 Å². The Morgan fingerprint density at radius 3 is 2.64 bits per heavy atom. The molecule has 0 saturated carbocycles. The lowest BCUT2D eigenvalue weighted by molar-refractivity contribution is 0.810. The third kappa shape index (κ3) is 4.58. The summed E-state index contributed by atoms with van der Waals surface area (Å²) in [6.07, 6.45) is 2.29. The van der Waals surface area contributed by atoms with Crippen molar-refractivity contribution < 1.29 is 0 Å². The fraction of sp³-hybridized carbons (Fsp3) is 0.417. The van der Waals surface area contributed by atoms with Crippen molar-refractivity contribution in [2.45, 2.75) is 26.3 Å². The van der Waals surface area contributed by atoms with Crippen LogP contribution in [0.4, 0.5) is 0 Å². The predicted octanol–water partition coefficient (Wildman–Crippen LogP) is 3.16. The van der Waals surface area contributed by atoms with Crippen molar-refractivity contribution in [2.75, 3.05) is 6.54 Å². The first-order valence-electron chi connectivity index (χ1n) is 5.05. The number of aliphatic imine (C=N–C) groups is 2. The first-order valence-corrected chi connectivity index (χ1v) is 5.05.